The molecule has 0 bridgehead atoms. The van der Waals surface area contributed by atoms with E-state index < -0.39 is 5.82 Å². The third kappa shape index (κ3) is 2.65. The van der Waals surface area contributed by atoms with Gasteiger partial charge in [-0.1, -0.05) is 6.07 Å². The summed E-state index contributed by atoms with van der Waals surface area (Å²) in [4.78, 5) is 23.8. The molecule has 3 N–H and O–H groups in total. The van der Waals surface area contributed by atoms with E-state index in [4.69, 9.17) is 0 Å². The van der Waals surface area contributed by atoms with Crippen molar-refractivity contribution in [3.8, 4) is 0 Å². The maximum Gasteiger partial charge on any atom is 0.255 e. The van der Waals surface area contributed by atoms with Crippen LogP contribution < -0.4 is 16.0 Å². The van der Waals surface area contributed by atoms with Gasteiger partial charge in [0.05, 0.1) is 5.69 Å². The summed E-state index contributed by atoms with van der Waals surface area (Å²) in [7, 11) is 0. The van der Waals surface area contributed by atoms with Crippen LogP contribution in [0.5, 0.6) is 0 Å². The number of amides is 2. The van der Waals surface area contributed by atoms with E-state index in [-0.39, 0.29) is 23.1 Å². The van der Waals surface area contributed by atoms with Crippen molar-refractivity contribution in [2.45, 2.75) is 25.9 Å². The minimum absolute atomic E-state index is 0.186. The van der Waals surface area contributed by atoms with E-state index in [0.717, 1.165) is 24.7 Å². The largest absolute Gasteiger partial charge is 0.323 e. The Morgan fingerprint density at radius 2 is 1.88 bits per heavy atom. The molecule has 0 aliphatic carbocycles. The van der Waals surface area contributed by atoms with Crippen LogP contribution in [0.4, 0.5) is 15.8 Å². The second kappa shape index (κ2) is 5.72. The molecule has 2 aliphatic heterocycles. The van der Waals surface area contributed by atoms with Crippen molar-refractivity contribution in [2.75, 3.05) is 10.6 Å². The first-order chi connectivity index (χ1) is 11.6. The van der Waals surface area contributed by atoms with Crippen LogP contribution >= 0.6 is 0 Å². The highest BCUT2D eigenvalue weighted by Gasteiger charge is 2.21. The number of nitrogens with one attached hydrogen (secondary N) is 3. The van der Waals surface area contributed by atoms with Crippen molar-refractivity contribution in [1.82, 2.24) is 5.32 Å². The van der Waals surface area contributed by atoms with Crippen LogP contribution in [0.3, 0.4) is 0 Å². The topological polar surface area (TPSA) is 70.2 Å². The van der Waals surface area contributed by atoms with Gasteiger partial charge in [0.15, 0.2) is 0 Å². The fraction of sp³-hybridized carbons (Fsp3) is 0.222. The zero-order chi connectivity index (χ0) is 16.7. The predicted molar refractivity (Wildman–Crippen MR) is 88.3 cm³/mol. The van der Waals surface area contributed by atoms with Gasteiger partial charge >= 0.3 is 0 Å². The number of aryl methyl sites for hydroxylation is 1. The van der Waals surface area contributed by atoms with Gasteiger partial charge in [-0.2, -0.15) is 0 Å². The van der Waals surface area contributed by atoms with Gasteiger partial charge in [-0.25, -0.2) is 4.39 Å². The van der Waals surface area contributed by atoms with Crippen molar-refractivity contribution < 1.29 is 14.0 Å². The molecule has 0 aromatic heterocycles. The Morgan fingerprint density at radius 3 is 2.75 bits per heavy atom. The van der Waals surface area contributed by atoms with Crippen LogP contribution in [-0.2, 0) is 24.3 Å². The van der Waals surface area contributed by atoms with Crippen LogP contribution in [0.2, 0.25) is 0 Å². The number of anilines is 2. The monoisotopic (exact) mass is 325 g/mol. The molecule has 2 aliphatic rings. The van der Waals surface area contributed by atoms with Gasteiger partial charge < -0.3 is 16.0 Å². The van der Waals surface area contributed by atoms with E-state index in [1.807, 2.05) is 18.2 Å². The first-order valence-corrected chi connectivity index (χ1v) is 7.86. The first kappa shape index (κ1) is 14.8. The van der Waals surface area contributed by atoms with E-state index in [1.54, 1.807) is 6.07 Å². The molecule has 122 valence electrons. The zero-order valence-corrected chi connectivity index (χ0v) is 12.9. The quantitative estimate of drug-likeness (QED) is 0.795. The molecule has 0 radical (unpaired) electrons. The minimum atomic E-state index is -0.580. The minimum Gasteiger partial charge on any atom is -0.323 e. The first-order valence-electron chi connectivity index (χ1n) is 7.86. The lowest BCUT2D eigenvalue weighted by Crippen LogP contribution is -2.21. The number of halogens is 1. The summed E-state index contributed by atoms with van der Waals surface area (Å²) < 4.78 is 14.2. The van der Waals surface area contributed by atoms with Crippen LogP contribution in [-0.4, -0.2) is 11.8 Å². The number of fused-ring (bicyclic) bond motifs is 2. The number of benzene rings is 2. The Kier molecular flexibility index (Phi) is 3.54. The summed E-state index contributed by atoms with van der Waals surface area (Å²) in [6.45, 7) is 1.62. The summed E-state index contributed by atoms with van der Waals surface area (Å²) in [5.74, 6) is -1.14. The molecule has 0 atom stereocenters. The molecule has 2 aromatic rings. The zero-order valence-electron chi connectivity index (χ0n) is 12.9. The van der Waals surface area contributed by atoms with Crippen molar-refractivity contribution in [3.63, 3.8) is 0 Å². The Morgan fingerprint density at radius 1 is 1.04 bits per heavy atom. The van der Waals surface area contributed by atoms with E-state index in [9.17, 15) is 14.0 Å². The number of carbonyl (C=O) groups is 2. The maximum atomic E-state index is 14.2. The van der Waals surface area contributed by atoms with Gasteiger partial charge in [-0.15, -0.1) is 0 Å². The van der Waals surface area contributed by atoms with Gasteiger partial charge in [-0.05, 0) is 47.4 Å². The number of rotatable bonds is 2. The maximum absolute atomic E-state index is 14.2. The SMILES string of the molecule is O=C1CCc2cc(C(=O)Nc3ccc4c(c3)CNC4)cc(F)c2N1. The molecule has 0 unspecified atom stereocenters. The van der Waals surface area contributed by atoms with Crippen molar-refractivity contribution in [1.29, 1.82) is 0 Å². The molecule has 0 fully saturated rings. The Bertz CT molecular complexity index is 864. The van der Waals surface area contributed by atoms with E-state index in [2.05, 4.69) is 16.0 Å². The highest BCUT2D eigenvalue weighted by atomic mass is 19.1. The molecule has 2 aromatic carbocycles. The third-order valence-electron chi connectivity index (χ3n) is 4.41. The molecule has 0 saturated heterocycles. The molecule has 0 saturated carbocycles. The number of hydrogen-bond donors (Lipinski definition) is 3. The van der Waals surface area contributed by atoms with Gasteiger partial charge in [0.1, 0.15) is 5.82 Å². The summed E-state index contributed by atoms with van der Waals surface area (Å²) >= 11 is 0. The van der Waals surface area contributed by atoms with Crippen LogP contribution in [0.15, 0.2) is 30.3 Å². The van der Waals surface area contributed by atoms with Gasteiger partial charge in [0.25, 0.3) is 5.91 Å². The number of hydrogen-bond acceptors (Lipinski definition) is 3. The number of carbonyl (C=O) groups excluding carboxylic acids is 2. The second-order valence-corrected chi connectivity index (χ2v) is 6.08. The lowest BCUT2D eigenvalue weighted by Gasteiger charge is -2.18. The molecule has 4 rings (SSSR count). The molecule has 24 heavy (non-hydrogen) atoms. The predicted octanol–water partition coefficient (Wildman–Crippen LogP) is 2.57. The standard InChI is InChI=1S/C18H16FN3O2/c19-15-7-12(5-10-2-4-16(23)22-17(10)15)18(24)21-14-3-1-11-8-20-9-13(11)6-14/h1,3,5-7,20H,2,4,8-9H2,(H,21,24)(H,22,23). The fourth-order valence-corrected chi connectivity index (χ4v) is 3.16. The summed E-state index contributed by atoms with van der Waals surface area (Å²) in [5.41, 5.74) is 4.16. The van der Waals surface area contributed by atoms with Gasteiger partial charge in [0.2, 0.25) is 5.91 Å². The average Bonchev–Trinajstić information content (AvgIpc) is 3.03. The van der Waals surface area contributed by atoms with Crippen molar-refractivity contribution in [2.24, 2.45) is 0 Å². The van der Waals surface area contributed by atoms with Gasteiger partial charge in [0, 0.05) is 30.8 Å². The van der Waals surface area contributed by atoms with Crippen LogP contribution in [0.25, 0.3) is 0 Å². The molecule has 5 nitrogen and oxygen atoms in total. The average molecular weight is 325 g/mol. The highest BCUT2D eigenvalue weighted by molar-refractivity contribution is 6.05. The smallest absolute Gasteiger partial charge is 0.255 e. The summed E-state index contributed by atoms with van der Waals surface area (Å²) in [6, 6.07) is 8.56. The Hall–Kier alpha value is -2.73. The van der Waals surface area contributed by atoms with Crippen molar-refractivity contribution in [3.05, 3.63) is 58.4 Å². The normalized spacial score (nSPS) is 15.5. The summed E-state index contributed by atoms with van der Waals surface area (Å²) in [5, 5.41) is 8.58. The molecule has 0 spiro atoms. The highest BCUT2D eigenvalue weighted by Crippen LogP contribution is 2.28. The molecule has 2 heterocycles. The van der Waals surface area contributed by atoms with Crippen molar-refractivity contribution >= 4 is 23.2 Å². The molecule has 2 amide bonds. The lowest BCUT2D eigenvalue weighted by molar-refractivity contribution is -0.116. The lowest BCUT2D eigenvalue weighted by atomic mass is 9.99. The van der Waals surface area contributed by atoms with Crippen LogP contribution in [0.1, 0.15) is 33.5 Å². The Labute approximate surface area is 138 Å². The summed E-state index contributed by atoms with van der Waals surface area (Å²) in [6.07, 6.45) is 0.735. The fourth-order valence-electron chi connectivity index (χ4n) is 3.16. The van der Waals surface area contributed by atoms with E-state index in [0.29, 0.717) is 24.1 Å². The molecular formula is C18H16FN3O2. The third-order valence-corrected chi connectivity index (χ3v) is 4.41. The van der Waals surface area contributed by atoms with Gasteiger partial charge in [-0.3, -0.25) is 9.59 Å². The van der Waals surface area contributed by atoms with E-state index >= 15 is 0 Å². The second-order valence-electron chi connectivity index (χ2n) is 6.08. The van der Waals surface area contributed by atoms with E-state index in [1.165, 1.54) is 5.56 Å². The molecular weight excluding hydrogens is 309 g/mol. The molecule has 6 heteroatoms. The Balaban J connectivity index is 1.58. The van der Waals surface area contributed by atoms with Crippen LogP contribution in [0, 0.1) is 5.82 Å².